The second-order valence-electron chi connectivity index (χ2n) is 4.82. The number of carboxylic acid groups (broad SMARTS) is 1. The minimum atomic E-state index is -3.74. The number of alkyl halides is 2. The summed E-state index contributed by atoms with van der Waals surface area (Å²) in [6, 6.07) is 0. The number of fused-ring (bicyclic) bond motifs is 1. The second-order valence-corrected chi connectivity index (χ2v) is 4.82. The minimum absolute atomic E-state index is 0.768. The number of aliphatic hydroxyl groups is 4. The van der Waals surface area contributed by atoms with Gasteiger partial charge < -0.3 is 30.3 Å². The molecule has 7 nitrogen and oxygen atoms in total. The average molecular weight is 284 g/mol. The number of halogens is 2. The Morgan fingerprint density at radius 3 is 2.42 bits per heavy atom. The number of hydrogen-bond donors (Lipinski definition) is 5. The lowest BCUT2D eigenvalue weighted by molar-refractivity contribution is -0.352. The lowest BCUT2D eigenvalue weighted by atomic mass is 9.61. The smallest absolute Gasteiger partial charge is 0.372 e. The molecule has 0 amide bonds. The first kappa shape index (κ1) is 14.5. The van der Waals surface area contributed by atoms with Crippen molar-refractivity contribution < 1.29 is 43.8 Å². The third-order valence-corrected chi connectivity index (χ3v) is 3.83. The van der Waals surface area contributed by atoms with Gasteiger partial charge in [-0.15, -0.1) is 0 Å². The SMILES string of the molecule is O=C(O)[C@]1(F)OC2C([C@H](O)[C@@H]2[C@H](O)CO)[C@H](O)[C@@H]1F. The molecule has 8 atom stereocenters. The molecule has 110 valence electrons. The van der Waals surface area contributed by atoms with Gasteiger partial charge >= 0.3 is 11.8 Å². The summed E-state index contributed by atoms with van der Waals surface area (Å²) in [4.78, 5) is 10.7. The first-order valence-corrected chi connectivity index (χ1v) is 5.65. The Labute approximate surface area is 106 Å². The highest BCUT2D eigenvalue weighted by Crippen LogP contribution is 2.50. The number of aliphatic carboxylic acids is 1. The molecule has 1 saturated heterocycles. The molecular weight excluding hydrogens is 270 g/mol. The predicted molar refractivity (Wildman–Crippen MR) is 53.3 cm³/mol. The highest BCUT2D eigenvalue weighted by atomic mass is 19.2. The van der Waals surface area contributed by atoms with E-state index in [0.717, 1.165) is 0 Å². The molecule has 0 aromatic heterocycles. The fourth-order valence-electron chi connectivity index (χ4n) is 2.72. The van der Waals surface area contributed by atoms with Gasteiger partial charge in [0.15, 0.2) is 6.17 Å². The van der Waals surface area contributed by atoms with E-state index in [-0.39, 0.29) is 0 Å². The Hall–Kier alpha value is -0.870. The van der Waals surface area contributed by atoms with Crippen LogP contribution in [0.1, 0.15) is 0 Å². The van der Waals surface area contributed by atoms with Crippen molar-refractivity contribution in [2.24, 2.45) is 11.8 Å². The van der Waals surface area contributed by atoms with Gasteiger partial charge in [-0.2, -0.15) is 4.39 Å². The molecule has 2 unspecified atom stereocenters. The van der Waals surface area contributed by atoms with Gasteiger partial charge in [-0.25, -0.2) is 9.18 Å². The highest BCUT2D eigenvalue weighted by molar-refractivity contribution is 5.76. The van der Waals surface area contributed by atoms with Crippen LogP contribution in [0.25, 0.3) is 0 Å². The van der Waals surface area contributed by atoms with Crippen molar-refractivity contribution in [2.75, 3.05) is 6.61 Å². The Morgan fingerprint density at radius 2 is 1.95 bits per heavy atom. The number of rotatable bonds is 3. The molecule has 0 radical (unpaired) electrons. The maximum Gasteiger partial charge on any atom is 0.372 e. The van der Waals surface area contributed by atoms with Crippen molar-refractivity contribution in [3.05, 3.63) is 0 Å². The Kier molecular flexibility index (Phi) is 3.52. The molecule has 1 aliphatic carbocycles. The van der Waals surface area contributed by atoms with Crippen LogP contribution in [0.2, 0.25) is 0 Å². The third kappa shape index (κ3) is 1.84. The summed E-state index contributed by atoms with van der Waals surface area (Å²) < 4.78 is 31.9. The van der Waals surface area contributed by atoms with Crippen molar-refractivity contribution >= 4 is 5.97 Å². The van der Waals surface area contributed by atoms with Crippen LogP contribution in [-0.2, 0) is 9.53 Å². The summed E-state index contributed by atoms with van der Waals surface area (Å²) in [5.41, 5.74) is 0. The van der Waals surface area contributed by atoms with Crippen LogP contribution >= 0.6 is 0 Å². The maximum atomic E-state index is 13.9. The van der Waals surface area contributed by atoms with E-state index in [0.29, 0.717) is 0 Å². The van der Waals surface area contributed by atoms with Crippen LogP contribution in [0.3, 0.4) is 0 Å². The zero-order valence-electron chi connectivity index (χ0n) is 9.56. The van der Waals surface area contributed by atoms with Crippen molar-refractivity contribution in [3.63, 3.8) is 0 Å². The van der Waals surface area contributed by atoms with Crippen LogP contribution in [0.15, 0.2) is 0 Å². The lowest BCUT2D eigenvalue weighted by Crippen LogP contribution is -2.74. The van der Waals surface area contributed by atoms with Crippen LogP contribution in [0.4, 0.5) is 8.78 Å². The van der Waals surface area contributed by atoms with Crippen molar-refractivity contribution in [2.45, 2.75) is 36.4 Å². The van der Waals surface area contributed by atoms with E-state index in [1.54, 1.807) is 0 Å². The topological polar surface area (TPSA) is 127 Å². The van der Waals surface area contributed by atoms with E-state index in [4.69, 9.17) is 10.2 Å². The predicted octanol–water partition coefficient (Wildman–Crippen LogP) is -2.21. The van der Waals surface area contributed by atoms with Gasteiger partial charge in [0.25, 0.3) is 0 Å². The summed E-state index contributed by atoms with van der Waals surface area (Å²) in [6.45, 7) is -0.768. The maximum absolute atomic E-state index is 13.9. The van der Waals surface area contributed by atoms with Crippen LogP contribution < -0.4 is 0 Å². The molecular formula is C10H14F2O7. The van der Waals surface area contributed by atoms with Gasteiger partial charge in [-0.05, 0) is 0 Å². The van der Waals surface area contributed by atoms with E-state index in [1.807, 2.05) is 0 Å². The average Bonchev–Trinajstić information content (AvgIpc) is 2.35. The summed E-state index contributed by atoms with van der Waals surface area (Å²) in [5, 5.41) is 46.0. The van der Waals surface area contributed by atoms with Gasteiger partial charge in [-0.1, -0.05) is 0 Å². The molecule has 1 saturated carbocycles. The lowest BCUT2D eigenvalue weighted by Gasteiger charge is -2.57. The van der Waals surface area contributed by atoms with Gasteiger partial charge in [0.2, 0.25) is 0 Å². The second kappa shape index (κ2) is 4.60. The number of ether oxygens (including phenoxy) is 1. The molecule has 0 aromatic rings. The standard InChI is InChI=1S/C10H14F2O7/c11-8-6(16)4-5(15)3(2(14)1-13)7(4)19-10(8,12)9(17)18/h2-8,13-16H,1H2,(H,17,18)/t2-,3+,4?,5-,6+,7?,8+,10-/m1/s1. The zero-order valence-corrected chi connectivity index (χ0v) is 9.56. The number of aliphatic hydroxyl groups excluding tert-OH is 4. The minimum Gasteiger partial charge on any atom is -0.477 e. The fraction of sp³-hybridized carbons (Fsp3) is 0.900. The summed E-state index contributed by atoms with van der Waals surface area (Å²) in [5.74, 6) is -8.42. The molecule has 5 N–H and O–H groups in total. The van der Waals surface area contributed by atoms with Crippen LogP contribution in [0, 0.1) is 11.8 Å². The molecule has 9 heteroatoms. The Morgan fingerprint density at radius 1 is 1.37 bits per heavy atom. The molecule has 0 spiro atoms. The van der Waals surface area contributed by atoms with E-state index in [9.17, 15) is 28.9 Å². The fourth-order valence-corrected chi connectivity index (χ4v) is 2.72. The summed E-state index contributed by atoms with van der Waals surface area (Å²) in [7, 11) is 0. The first-order chi connectivity index (χ1) is 8.75. The molecule has 2 rings (SSSR count). The molecule has 1 aliphatic heterocycles. The van der Waals surface area contributed by atoms with Gasteiger partial charge in [0, 0.05) is 11.8 Å². The zero-order chi connectivity index (χ0) is 14.5. The van der Waals surface area contributed by atoms with Crippen molar-refractivity contribution in [3.8, 4) is 0 Å². The number of hydrogen-bond acceptors (Lipinski definition) is 6. The van der Waals surface area contributed by atoms with Crippen LogP contribution in [0.5, 0.6) is 0 Å². The number of carbonyl (C=O) groups is 1. The van der Waals surface area contributed by atoms with E-state index in [2.05, 4.69) is 4.74 Å². The van der Waals surface area contributed by atoms with Gasteiger partial charge in [0.05, 0.1) is 31.0 Å². The Bertz CT molecular complexity index is 375. The van der Waals surface area contributed by atoms with Crippen molar-refractivity contribution in [1.29, 1.82) is 0 Å². The molecule has 2 fully saturated rings. The molecule has 0 bridgehead atoms. The number of carboxylic acids is 1. The first-order valence-electron chi connectivity index (χ1n) is 5.65. The quantitative estimate of drug-likeness (QED) is 0.398. The van der Waals surface area contributed by atoms with Crippen molar-refractivity contribution in [1.82, 2.24) is 0 Å². The molecule has 1 heterocycles. The normalized spacial score (nSPS) is 51.1. The van der Waals surface area contributed by atoms with Gasteiger partial charge in [-0.3, -0.25) is 0 Å². The summed E-state index contributed by atoms with van der Waals surface area (Å²) >= 11 is 0. The monoisotopic (exact) mass is 284 g/mol. The van der Waals surface area contributed by atoms with E-state index >= 15 is 0 Å². The van der Waals surface area contributed by atoms with E-state index in [1.165, 1.54) is 0 Å². The van der Waals surface area contributed by atoms with Gasteiger partial charge in [0.1, 0.15) is 0 Å². The molecule has 19 heavy (non-hydrogen) atoms. The summed E-state index contributed by atoms with van der Waals surface area (Å²) in [6.07, 6.45) is -9.22. The van der Waals surface area contributed by atoms with Crippen LogP contribution in [-0.4, -0.2) is 74.6 Å². The largest absolute Gasteiger partial charge is 0.477 e. The Balaban J connectivity index is 2.26. The van der Waals surface area contributed by atoms with E-state index < -0.39 is 60.9 Å². The molecule has 2 aliphatic rings. The molecule has 0 aromatic carbocycles. The highest BCUT2D eigenvalue weighted by Gasteiger charge is 2.69. The third-order valence-electron chi connectivity index (χ3n) is 3.83.